The van der Waals surface area contributed by atoms with Gasteiger partial charge in [-0.1, -0.05) is 24.3 Å². The molecule has 1 amide bonds. The molecule has 8 heteroatoms. The molecular weight excluding hydrogens is 406 g/mol. The summed E-state index contributed by atoms with van der Waals surface area (Å²) in [5.74, 6) is -0.301. The predicted molar refractivity (Wildman–Crippen MR) is 113 cm³/mol. The third-order valence-corrected chi connectivity index (χ3v) is 8.29. The molecule has 148 valence electrons. The normalized spacial score (nSPS) is 15.2. The lowest BCUT2D eigenvalue weighted by Gasteiger charge is -2.16. The second-order valence-corrected chi connectivity index (χ2v) is 10.4. The van der Waals surface area contributed by atoms with Crippen LogP contribution in [-0.2, 0) is 16.4 Å². The smallest absolute Gasteiger partial charge is 0.257 e. The number of hydrogen-bond acceptors (Lipinski definition) is 5. The van der Waals surface area contributed by atoms with Gasteiger partial charge in [0.2, 0.25) is 10.0 Å². The molecule has 0 bridgehead atoms. The Hall–Kier alpha value is -2.55. The molecular formula is C21H19N3O3S2. The fraction of sp³-hybridized carbons (Fsp3) is 0.238. The van der Waals surface area contributed by atoms with E-state index < -0.39 is 10.0 Å². The molecule has 5 rings (SSSR count). The van der Waals surface area contributed by atoms with Gasteiger partial charge in [-0.2, -0.15) is 4.31 Å². The third kappa shape index (κ3) is 3.27. The highest BCUT2D eigenvalue weighted by molar-refractivity contribution is 7.89. The summed E-state index contributed by atoms with van der Waals surface area (Å²) >= 11 is 1.48. The van der Waals surface area contributed by atoms with E-state index in [2.05, 4.69) is 16.4 Å². The van der Waals surface area contributed by atoms with E-state index in [4.69, 9.17) is 0 Å². The van der Waals surface area contributed by atoms with E-state index in [0.29, 0.717) is 10.7 Å². The first-order valence-corrected chi connectivity index (χ1v) is 11.7. The predicted octanol–water partition coefficient (Wildman–Crippen LogP) is 3.75. The summed E-state index contributed by atoms with van der Waals surface area (Å²) in [7, 11) is -1.91. The van der Waals surface area contributed by atoms with E-state index in [0.717, 1.165) is 35.4 Å². The van der Waals surface area contributed by atoms with Crippen LogP contribution < -0.4 is 5.32 Å². The van der Waals surface area contributed by atoms with Crippen molar-refractivity contribution in [3.05, 3.63) is 64.5 Å². The number of nitrogens with zero attached hydrogens (tertiary/aromatic N) is 2. The van der Waals surface area contributed by atoms with E-state index in [1.165, 1.54) is 33.3 Å². The van der Waals surface area contributed by atoms with Crippen LogP contribution in [0.25, 0.3) is 11.3 Å². The summed E-state index contributed by atoms with van der Waals surface area (Å²) in [5.41, 5.74) is 3.71. The fourth-order valence-electron chi connectivity index (χ4n) is 3.56. The molecule has 0 radical (unpaired) electrons. The molecule has 1 heterocycles. The Morgan fingerprint density at radius 1 is 1.14 bits per heavy atom. The number of rotatable bonds is 5. The summed E-state index contributed by atoms with van der Waals surface area (Å²) in [6.07, 6.45) is 2.64. The molecule has 0 saturated heterocycles. The first-order valence-electron chi connectivity index (χ1n) is 9.41. The fourth-order valence-corrected chi connectivity index (χ4v) is 5.97. The standard InChI is InChI=1S/C21H19N3O3S2/c1-24(15-8-9-15)29(26,27)16-10-6-13(7-11-16)20(25)23-21-22-19-17-5-3-2-4-14(17)12-18(19)28-21/h2-7,10-11,15H,8-9,12H2,1H3,(H,22,23,25). The number of nitrogens with one attached hydrogen (secondary N) is 1. The van der Waals surface area contributed by atoms with E-state index >= 15 is 0 Å². The number of carbonyl (C=O) groups excluding carboxylic acids is 1. The van der Waals surface area contributed by atoms with Crippen LogP contribution in [0.2, 0.25) is 0 Å². The molecule has 1 N–H and O–H groups in total. The van der Waals surface area contributed by atoms with Crippen LogP contribution in [0, 0.1) is 0 Å². The van der Waals surface area contributed by atoms with Gasteiger partial charge in [0, 0.05) is 35.5 Å². The van der Waals surface area contributed by atoms with Crippen LogP contribution in [0.1, 0.15) is 33.6 Å². The molecule has 2 aliphatic carbocycles. The van der Waals surface area contributed by atoms with Gasteiger partial charge in [-0.05, 0) is 42.7 Å². The van der Waals surface area contributed by atoms with E-state index in [1.54, 1.807) is 19.2 Å². The molecule has 2 aromatic carbocycles. The van der Waals surface area contributed by atoms with Gasteiger partial charge in [0.15, 0.2) is 5.13 Å². The van der Waals surface area contributed by atoms with Crippen LogP contribution in [0.4, 0.5) is 5.13 Å². The molecule has 0 unspecified atom stereocenters. The average Bonchev–Trinajstić information content (AvgIpc) is 3.41. The zero-order valence-electron chi connectivity index (χ0n) is 15.8. The van der Waals surface area contributed by atoms with Crippen LogP contribution in [-0.4, -0.2) is 36.7 Å². The van der Waals surface area contributed by atoms with Gasteiger partial charge in [-0.15, -0.1) is 11.3 Å². The van der Waals surface area contributed by atoms with E-state index in [1.807, 2.05) is 18.2 Å². The highest BCUT2D eigenvalue weighted by atomic mass is 32.2. The van der Waals surface area contributed by atoms with Crippen LogP contribution in [0.15, 0.2) is 53.4 Å². The van der Waals surface area contributed by atoms with Gasteiger partial charge < -0.3 is 0 Å². The van der Waals surface area contributed by atoms with Gasteiger partial charge in [0.1, 0.15) is 0 Å². The maximum absolute atomic E-state index is 12.6. The quantitative estimate of drug-likeness (QED) is 0.528. The van der Waals surface area contributed by atoms with Gasteiger partial charge >= 0.3 is 0 Å². The van der Waals surface area contributed by atoms with Gasteiger partial charge in [-0.3, -0.25) is 10.1 Å². The number of amides is 1. The number of sulfonamides is 1. The number of benzene rings is 2. The Bertz CT molecular complexity index is 1210. The number of hydrogen-bond donors (Lipinski definition) is 1. The second-order valence-electron chi connectivity index (χ2n) is 7.36. The van der Waals surface area contributed by atoms with Crippen LogP contribution >= 0.6 is 11.3 Å². The zero-order chi connectivity index (χ0) is 20.2. The average molecular weight is 426 g/mol. The summed E-state index contributed by atoms with van der Waals surface area (Å²) in [5, 5.41) is 3.39. The topological polar surface area (TPSA) is 79.4 Å². The number of aromatic nitrogens is 1. The second kappa shape index (κ2) is 6.76. The molecule has 0 spiro atoms. The van der Waals surface area contributed by atoms with Gasteiger partial charge in [0.25, 0.3) is 5.91 Å². The van der Waals surface area contributed by atoms with Crippen molar-refractivity contribution in [3.63, 3.8) is 0 Å². The lowest BCUT2D eigenvalue weighted by Crippen LogP contribution is -2.29. The van der Waals surface area contributed by atoms with Crippen molar-refractivity contribution >= 4 is 32.4 Å². The number of fused-ring (bicyclic) bond motifs is 3. The van der Waals surface area contributed by atoms with Crippen molar-refractivity contribution in [3.8, 4) is 11.3 Å². The SMILES string of the molecule is CN(C1CC1)S(=O)(=O)c1ccc(C(=O)Nc2nc3c(s2)Cc2ccccc2-3)cc1. The maximum Gasteiger partial charge on any atom is 0.257 e. The van der Waals surface area contributed by atoms with Crippen molar-refractivity contribution in [1.82, 2.24) is 9.29 Å². The molecule has 0 aliphatic heterocycles. The minimum absolute atomic E-state index is 0.0972. The zero-order valence-corrected chi connectivity index (χ0v) is 17.4. The first kappa shape index (κ1) is 18.5. The monoisotopic (exact) mass is 425 g/mol. The van der Waals surface area contributed by atoms with Crippen LogP contribution in [0.3, 0.4) is 0 Å². The number of carbonyl (C=O) groups is 1. The molecule has 0 atom stereocenters. The maximum atomic E-state index is 12.6. The molecule has 1 aromatic heterocycles. The number of anilines is 1. The molecule has 2 aliphatic rings. The molecule has 3 aromatic rings. The summed E-state index contributed by atoms with van der Waals surface area (Å²) in [6.45, 7) is 0. The van der Waals surface area contributed by atoms with Crippen molar-refractivity contribution in [2.75, 3.05) is 12.4 Å². The Morgan fingerprint density at radius 3 is 2.59 bits per heavy atom. The molecule has 1 saturated carbocycles. The van der Waals surface area contributed by atoms with Crippen molar-refractivity contribution in [2.24, 2.45) is 0 Å². The van der Waals surface area contributed by atoms with Crippen molar-refractivity contribution < 1.29 is 13.2 Å². The van der Waals surface area contributed by atoms with Gasteiger partial charge in [0.05, 0.1) is 10.6 Å². The van der Waals surface area contributed by atoms with E-state index in [9.17, 15) is 13.2 Å². The Kier molecular flexibility index (Phi) is 4.31. The molecule has 29 heavy (non-hydrogen) atoms. The van der Waals surface area contributed by atoms with Crippen molar-refractivity contribution in [2.45, 2.75) is 30.2 Å². The Morgan fingerprint density at radius 2 is 1.86 bits per heavy atom. The minimum atomic E-state index is -3.51. The Labute approximate surface area is 173 Å². The lowest BCUT2D eigenvalue weighted by molar-refractivity contribution is 0.102. The first-order chi connectivity index (χ1) is 13.9. The highest BCUT2D eigenvalue weighted by Crippen LogP contribution is 2.40. The van der Waals surface area contributed by atoms with Crippen LogP contribution in [0.5, 0.6) is 0 Å². The molecule has 1 fully saturated rings. The lowest BCUT2D eigenvalue weighted by atomic mass is 10.1. The highest BCUT2D eigenvalue weighted by Gasteiger charge is 2.35. The van der Waals surface area contributed by atoms with Crippen molar-refractivity contribution in [1.29, 1.82) is 0 Å². The van der Waals surface area contributed by atoms with E-state index in [-0.39, 0.29) is 16.8 Å². The van der Waals surface area contributed by atoms with Gasteiger partial charge in [-0.25, -0.2) is 13.4 Å². The summed E-state index contributed by atoms with van der Waals surface area (Å²) in [6, 6.07) is 14.3. The minimum Gasteiger partial charge on any atom is -0.298 e. The third-order valence-electron chi connectivity index (χ3n) is 5.40. The largest absolute Gasteiger partial charge is 0.298 e. The Balaban J connectivity index is 1.32. The number of thiazole rings is 1. The summed E-state index contributed by atoms with van der Waals surface area (Å²) < 4.78 is 26.6. The molecule has 6 nitrogen and oxygen atoms in total. The summed E-state index contributed by atoms with van der Waals surface area (Å²) in [4.78, 5) is 18.5.